The second kappa shape index (κ2) is 14.2. The Bertz CT molecular complexity index is 1990. The molecule has 4 N–H and O–H groups in total. The highest BCUT2D eigenvalue weighted by Crippen LogP contribution is 2.50. The van der Waals surface area contributed by atoms with Crippen molar-refractivity contribution in [3.05, 3.63) is 65.6 Å². The maximum atomic E-state index is 15.4. The predicted octanol–water partition coefficient (Wildman–Crippen LogP) is 5.26. The third-order valence-corrected chi connectivity index (χ3v) is 10.6. The number of piperidine rings is 2. The van der Waals surface area contributed by atoms with Gasteiger partial charge in [-0.3, -0.25) is 14.7 Å². The molecule has 17 heteroatoms. The van der Waals surface area contributed by atoms with Gasteiger partial charge in [-0.15, -0.1) is 5.10 Å². The Balaban J connectivity index is 0.000000568. The van der Waals surface area contributed by atoms with Crippen molar-refractivity contribution in [1.82, 2.24) is 35.1 Å². The fraction of sp³-hybridized carbons (Fsp3) is 0.472. The van der Waals surface area contributed by atoms with Crippen LogP contribution in [0.1, 0.15) is 53.7 Å². The van der Waals surface area contributed by atoms with Gasteiger partial charge >= 0.3 is 12.1 Å². The molecule has 0 unspecified atom stereocenters. The van der Waals surface area contributed by atoms with Crippen LogP contribution in [0.15, 0.2) is 48.8 Å². The summed E-state index contributed by atoms with van der Waals surface area (Å²) in [5.74, 6) is -4.89. The lowest BCUT2D eigenvalue weighted by Gasteiger charge is -2.49. The number of carboxylic acids is 1. The Kier molecular flexibility index (Phi) is 9.74. The zero-order valence-corrected chi connectivity index (χ0v) is 29.0. The van der Waals surface area contributed by atoms with Gasteiger partial charge in [-0.2, -0.15) is 13.2 Å². The highest BCUT2D eigenvalue weighted by Gasteiger charge is 2.56. The summed E-state index contributed by atoms with van der Waals surface area (Å²) in [5.41, 5.74) is 6.00. The standard InChI is InChI=1S/C34H39F2N9O.C2HF3O2/c1-37-27-17-30(42-45-29(19-40-31(27)45)32(46)41-23-6-7-23)44-15-9-25-24(3-2-4-28(25)44)26-8-5-22(18-39-26)20-43-16-12-33(34(35,36)21-43)10-13-38-14-11-33;3-2(4,5)1(6)7/h2-5,8,17-19,23,37-38H,6-7,9-16,20-21H2,1H3,(H,41,46);(H,6,7). The smallest absolute Gasteiger partial charge is 0.475 e. The van der Waals surface area contributed by atoms with Crippen LogP contribution in [-0.2, 0) is 17.8 Å². The van der Waals surface area contributed by atoms with Crippen LogP contribution in [0.25, 0.3) is 16.9 Å². The number of hydrogen-bond donors (Lipinski definition) is 4. The van der Waals surface area contributed by atoms with Gasteiger partial charge in [-0.25, -0.2) is 23.1 Å². The van der Waals surface area contributed by atoms with E-state index in [0.717, 1.165) is 59.8 Å². The number of anilines is 3. The minimum Gasteiger partial charge on any atom is -0.475 e. The molecule has 6 heterocycles. The molecule has 0 atom stereocenters. The van der Waals surface area contributed by atoms with Crippen molar-refractivity contribution in [1.29, 1.82) is 0 Å². The molecule has 53 heavy (non-hydrogen) atoms. The number of rotatable bonds is 7. The zero-order chi connectivity index (χ0) is 37.5. The zero-order valence-electron chi connectivity index (χ0n) is 29.0. The van der Waals surface area contributed by atoms with E-state index < -0.39 is 23.5 Å². The number of halogens is 5. The molecule has 1 saturated carbocycles. The third-order valence-electron chi connectivity index (χ3n) is 10.6. The molecule has 0 bridgehead atoms. The Labute approximate surface area is 301 Å². The van der Waals surface area contributed by atoms with Gasteiger partial charge in [0.25, 0.3) is 11.8 Å². The van der Waals surface area contributed by atoms with E-state index >= 15 is 8.78 Å². The number of likely N-dealkylation sites (tertiary alicyclic amines) is 1. The van der Waals surface area contributed by atoms with Crippen molar-refractivity contribution < 1.29 is 36.6 Å². The molecule has 4 aliphatic rings. The topological polar surface area (TPSA) is 140 Å². The molecule has 3 fully saturated rings. The molecule has 1 aromatic carbocycles. The van der Waals surface area contributed by atoms with E-state index in [9.17, 15) is 18.0 Å². The average Bonchev–Trinajstić information content (AvgIpc) is 3.66. The molecule has 3 aromatic heterocycles. The number of imidazole rings is 1. The highest BCUT2D eigenvalue weighted by molar-refractivity contribution is 5.94. The van der Waals surface area contributed by atoms with Crippen LogP contribution in [0, 0.1) is 5.41 Å². The van der Waals surface area contributed by atoms with E-state index in [1.54, 1.807) is 10.7 Å². The average molecular weight is 742 g/mol. The third kappa shape index (κ3) is 7.36. The maximum absolute atomic E-state index is 15.4. The van der Waals surface area contributed by atoms with Crippen LogP contribution in [-0.4, -0.2) is 99.4 Å². The number of aromatic nitrogens is 4. The highest BCUT2D eigenvalue weighted by atomic mass is 19.4. The predicted molar refractivity (Wildman–Crippen MR) is 186 cm³/mol. The van der Waals surface area contributed by atoms with Gasteiger partial charge in [0, 0.05) is 55.1 Å². The van der Waals surface area contributed by atoms with E-state index in [-0.39, 0.29) is 18.5 Å². The summed E-state index contributed by atoms with van der Waals surface area (Å²) in [4.78, 5) is 35.2. The van der Waals surface area contributed by atoms with Gasteiger partial charge in [0.2, 0.25) is 0 Å². The summed E-state index contributed by atoms with van der Waals surface area (Å²) in [6.07, 6.45) is 2.77. The molecule has 3 aliphatic heterocycles. The first kappa shape index (κ1) is 36.5. The number of nitrogens with zero attached hydrogens (tertiary/aromatic N) is 6. The van der Waals surface area contributed by atoms with Crippen LogP contribution >= 0.6 is 0 Å². The molecule has 1 aliphatic carbocycles. The van der Waals surface area contributed by atoms with Crippen molar-refractivity contribution in [2.45, 2.75) is 63.2 Å². The monoisotopic (exact) mass is 741 g/mol. The van der Waals surface area contributed by atoms with Crippen molar-refractivity contribution in [3.63, 3.8) is 0 Å². The van der Waals surface area contributed by atoms with Gasteiger partial charge in [0.1, 0.15) is 0 Å². The van der Waals surface area contributed by atoms with E-state index in [4.69, 9.17) is 20.0 Å². The molecule has 12 nitrogen and oxygen atoms in total. The summed E-state index contributed by atoms with van der Waals surface area (Å²) in [6.45, 7) is 3.03. The van der Waals surface area contributed by atoms with Crippen LogP contribution in [0.2, 0.25) is 0 Å². The second-order valence-electron chi connectivity index (χ2n) is 14.0. The number of pyridine rings is 1. The molecule has 282 valence electrons. The van der Waals surface area contributed by atoms with E-state index in [2.05, 4.69) is 38.0 Å². The molecule has 4 aromatic rings. The van der Waals surface area contributed by atoms with Crippen molar-refractivity contribution in [2.75, 3.05) is 50.0 Å². The first-order chi connectivity index (χ1) is 25.3. The summed E-state index contributed by atoms with van der Waals surface area (Å²) in [5, 5.41) is 21.5. The van der Waals surface area contributed by atoms with Crippen molar-refractivity contribution in [2.24, 2.45) is 5.41 Å². The molecule has 1 amide bonds. The maximum Gasteiger partial charge on any atom is 0.490 e. The number of aliphatic carboxylic acids is 1. The molecular weight excluding hydrogens is 701 g/mol. The first-order valence-electron chi connectivity index (χ1n) is 17.6. The number of fused-ring (bicyclic) bond motifs is 2. The van der Waals surface area contributed by atoms with Crippen LogP contribution in [0.4, 0.5) is 39.1 Å². The number of carbonyl (C=O) groups excluding carboxylic acids is 1. The Morgan fingerprint density at radius 3 is 2.43 bits per heavy atom. The lowest BCUT2D eigenvalue weighted by atomic mass is 9.69. The molecule has 2 saturated heterocycles. The van der Waals surface area contributed by atoms with E-state index in [0.29, 0.717) is 56.8 Å². The number of carbonyl (C=O) groups is 2. The largest absolute Gasteiger partial charge is 0.490 e. The fourth-order valence-corrected chi connectivity index (χ4v) is 7.50. The quantitative estimate of drug-likeness (QED) is 0.186. The minimum atomic E-state index is -5.08. The van der Waals surface area contributed by atoms with Gasteiger partial charge in [0.05, 0.1) is 24.1 Å². The van der Waals surface area contributed by atoms with Crippen LogP contribution < -0.4 is 20.9 Å². The fourth-order valence-electron chi connectivity index (χ4n) is 7.50. The van der Waals surface area contributed by atoms with E-state index in [1.807, 2.05) is 42.4 Å². The summed E-state index contributed by atoms with van der Waals surface area (Å²) < 4.78 is 64.1. The minimum absolute atomic E-state index is 0.167. The SMILES string of the molecule is CNc1cc(N2CCc3c(-c4ccc(CN5CCC6(CCNCC6)C(F)(F)C5)cn4)cccc32)nn2c(C(=O)NC3CC3)cnc12.O=C(O)C(F)(F)F. The number of amides is 1. The molecule has 1 spiro atoms. The summed E-state index contributed by atoms with van der Waals surface area (Å²) in [7, 11) is 1.84. The Morgan fingerprint density at radius 2 is 1.79 bits per heavy atom. The van der Waals surface area contributed by atoms with Gasteiger partial charge in [-0.05, 0) is 81.4 Å². The van der Waals surface area contributed by atoms with E-state index in [1.165, 1.54) is 5.56 Å². The first-order valence-corrected chi connectivity index (χ1v) is 17.6. The number of hydrogen-bond acceptors (Lipinski definition) is 9. The number of carboxylic acid groups (broad SMARTS) is 1. The second-order valence-corrected chi connectivity index (χ2v) is 14.0. The molecular formula is C36H40F5N9O3. The van der Waals surface area contributed by atoms with Crippen LogP contribution in [0.3, 0.4) is 0 Å². The lowest BCUT2D eigenvalue weighted by Crippen LogP contribution is -2.58. The Hall–Kier alpha value is -4.90. The van der Waals surface area contributed by atoms with Crippen LogP contribution in [0.5, 0.6) is 0 Å². The Morgan fingerprint density at radius 1 is 1.04 bits per heavy atom. The van der Waals surface area contributed by atoms with Crippen molar-refractivity contribution in [3.8, 4) is 11.3 Å². The molecule has 8 rings (SSSR count). The lowest BCUT2D eigenvalue weighted by molar-refractivity contribution is -0.192. The number of alkyl halides is 5. The normalized spacial score (nSPS) is 19.4. The summed E-state index contributed by atoms with van der Waals surface area (Å²) in [6, 6.07) is 12.4. The van der Waals surface area contributed by atoms with Gasteiger partial charge in [0.15, 0.2) is 17.2 Å². The van der Waals surface area contributed by atoms with Gasteiger partial charge in [-0.1, -0.05) is 18.2 Å². The van der Waals surface area contributed by atoms with Gasteiger partial charge < -0.3 is 26.0 Å². The van der Waals surface area contributed by atoms with Crippen molar-refractivity contribution >= 4 is 34.7 Å². The molecule has 0 radical (unpaired) electrons. The number of benzene rings is 1. The number of nitrogens with one attached hydrogen (secondary N) is 3. The summed E-state index contributed by atoms with van der Waals surface area (Å²) >= 11 is 0.